The average molecular weight is 737 g/mol. The molecular weight excluding hydrogens is 653 g/mol. The van der Waals surface area contributed by atoms with Crippen LogP contribution in [0.5, 0.6) is 0 Å². The van der Waals surface area contributed by atoms with Gasteiger partial charge in [-0.1, -0.05) is 129 Å². The molecule has 0 amide bonds. The van der Waals surface area contributed by atoms with E-state index in [0.29, 0.717) is 19.8 Å². The summed E-state index contributed by atoms with van der Waals surface area (Å²) in [5.41, 5.74) is 0. The van der Waals surface area contributed by atoms with Gasteiger partial charge in [0.1, 0.15) is 12.2 Å². The van der Waals surface area contributed by atoms with Gasteiger partial charge >= 0.3 is 0 Å². The fourth-order valence-corrected chi connectivity index (χ4v) is 7.78. The zero-order valence-corrected chi connectivity index (χ0v) is 34.7. The van der Waals surface area contributed by atoms with E-state index in [-0.39, 0.29) is 19.3 Å². The highest BCUT2D eigenvalue weighted by Gasteiger charge is 2.32. The molecule has 0 aromatic rings. The molecule has 0 aromatic carbocycles. The first-order valence-corrected chi connectivity index (χ1v) is 23.2. The number of aliphatic hydroxyl groups excluding tert-OH is 2. The number of aliphatic hydroxyl groups is 2. The van der Waals surface area contributed by atoms with Gasteiger partial charge in [-0.15, -0.1) is 0 Å². The Bertz CT molecular complexity index is 627. The van der Waals surface area contributed by atoms with Crippen LogP contribution < -0.4 is 0 Å². The minimum absolute atomic E-state index is 0.110. The first kappa shape index (κ1) is 49.5. The summed E-state index contributed by atoms with van der Waals surface area (Å²) < 4.78 is 22.3. The molecule has 0 bridgehead atoms. The normalized spacial score (nSPS) is 16.2. The van der Waals surface area contributed by atoms with Crippen LogP contribution in [0.2, 0.25) is 0 Å². The lowest BCUT2D eigenvalue weighted by atomic mass is 10.1. The van der Waals surface area contributed by atoms with Gasteiger partial charge in [0.05, 0.1) is 26.4 Å². The van der Waals surface area contributed by atoms with Crippen LogP contribution in [0, 0.1) is 0 Å². The summed E-state index contributed by atoms with van der Waals surface area (Å²) >= 11 is 4.29. The quantitative estimate of drug-likeness (QED) is 0.0611. The first-order valence-electron chi connectivity index (χ1n) is 20.9. The molecule has 6 nitrogen and oxygen atoms in total. The minimum Gasteiger partial charge on any atom is -0.394 e. The zero-order chi connectivity index (χ0) is 35.9. The molecule has 1 heterocycles. The lowest BCUT2D eigenvalue weighted by Gasteiger charge is -2.17. The molecule has 296 valence electrons. The van der Waals surface area contributed by atoms with E-state index >= 15 is 0 Å². The minimum atomic E-state index is -0.719. The van der Waals surface area contributed by atoms with Crippen molar-refractivity contribution in [1.29, 1.82) is 0 Å². The Morgan fingerprint density at radius 1 is 0.592 bits per heavy atom. The highest BCUT2D eigenvalue weighted by atomic mass is 32.2. The molecule has 8 heteroatoms. The monoisotopic (exact) mass is 737 g/mol. The SMILES string of the molecule is CCCCCCCCSCCCCCCCCOC[C@H](O)CO.CCCCCCCCSCCCCCCCCOC[C@H]1COC(C)(C)O1. The Balaban J connectivity index is 0.000000949. The van der Waals surface area contributed by atoms with Crippen LogP contribution in [0.4, 0.5) is 0 Å². The van der Waals surface area contributed by atoms with E-state index < -0.39 is 11.9 Å². The van der Waals surface area contributed by atoms with Crippen LogP contribution in [0.3, 0.4) is 0 Å². The van der Waals surface area contributed by atoms with E-state index in [1.54, 1.807) is 0 Å². The van der Waals surface area contributed by atoms with Crippen LogP contribution in [0.15, 0.2) is 0 Å². The van der Waals surface area contributed by atoms with Crippen LogP contribution in [0.25, 0.3) is 0 Å². The first-order chi connectivity index (χ1) is 23.9. The third-order valence-corrected chi connectivity index (χ3v) is 11.1. The molecule has 1 saturated heterocycles. The second-order valence-electron chi connectivity index (χ2n) is 14.4. The molecule has 1 fully saturated rings. The molecule has 0 aromatic heterocycles. The predicted octanol–water partition coefficient (Wildman–Crippen LogP) is 11.4. The van der Waals surface area contributed by atoms with Gasteiger partial charge < -0.3 is 29.2 Å². The number of ether oxygens (including phenoxy) is 4. The third-order valence-electron chi connectivity index (χ3n) is 8.83. The Labute approximate surface area is 314 Å². The molecule has 0 saturated carbocycles. The predicted molar refractivity (Wildman–Crippen MR) is 216 cm³/mol. The van der Waals surface area contributed by atoms with E-state index in [9.17, 15) is 0 Å². The van der Waals surface area contributed by atoms with Gasteiger partial charge in [-0.2, -0.15) is 23.5 Å². The summed E-state index contributed by atoms with van der Waals surface area (Å²) in [7, 11) is 0. The molecule has 2 atom stereocenters. The van der Waals surface area contributed by atoms with E-state index in [1.807, 2.05) is 13.8 Å². The molecule has 0 radical (unpaired) electrons. The number of thioether (sulfide) groups is 2. The van der Waals surface area contributed by atoms with Crippen LogP contribution in [-0.2, 0) is 18.9 Å². The third kappa shape index (κ3) is 39.5. The largest absolute Gasteiger partial charge is 0.394 e. The van der Waals surface area contributed by atoms with E-state index in [4.69, 9.17) is 29.2 Å². The van der Waals surface area contributed by atoms with Crippen molar-refractivity contribution in [2.24, 2.45) is 0 Å². The summed E-state index contributed by atoms with van der Waals surface area (Å²) in [6, 6.07) is 0. The van der Waals surface area contributed by atoms with Gasteiger partial charge in [0.2, 0.25) is 0 Å². The van der Waals surface area contributed by atoms with Gasteiger partial charge in [-0.3, -0.25) is 0 Å². The topological polar surface area (TPSA) is 77.4 Å². The van der Waals surface area contributed by atoms with Crippen LogP contribution in [0.1, 0.15) is 182 Å². The van der Waals surface area contributed by atoms with Crippen molar-refractivity contribution in [2.45, 2.75) is 200 Å². The Hall–Kier alpha value is 0.460. The van der Waals surface area contributed by atoms with Crippen LogP contribution in [-0.4, -0.2) is 90.9 Å². The van der Waals surface area contributed by atoms with Crippen molar-refractivity contribution >= 4 is 23.5 Å². The average Bonchev–Trinajstić information content (AvgIpc) is 3.45. The van der Waals surface area contributed by atoms with Gasteiger partial charge in [-0.25, -0.2) is 0 Å². The van der Waals surface area contributed by atoms with Crippen LogP contribution >= 0.6 is 23.5 Å². The molecule has 0 unspecified atom stereocenters. The Kier molecular flexibility index (Phi) is 40.0. The summed E-state index contributed by atoms with van der Waals surface area (Å²) in [6.45, 7) is 11.4. The summed E-state index contributed by atoms with van der Waals surface area (Å²) in [5, 5.41) is 17.7. The second kappa shape index (κ2) is 39.7. The Morgan fingerprint density at radius 2 is 0.980 bits per heavy atom. The molecule has 2 N–H and O–H groups in total. The van der Waals surface area contributed by atoms with Crippen molar-refractivity contribution in [3.8, 4) is 0 Å². The van der Waals surface area contributed by atoms with Gasteiger partial charge in [0.25, 0.3) is 0 Å². The highest BCUT2D eigenvalue weighted by molar-refractivity contribution is 7.99. The number of rotatable bonds is 37. The van der Waals surface area contributed by atoms with Crippen molar-refractivity contribution < 1.29 is 29.2 Å². The number of hydrogen-bond acceptors (Lipinski definition) is 8. The maximum absolute atomic E-state index is 9.11. The number of hydrogen-bond donors (Lipinski definition) is 2. The molecule has 1 rings (SSSR count). The van der Waals surface area contributed by atoms with E-state index in [1.165, 1.54) is 171 Å². The lowest BCUT2D eigenvalue weighted by molar-refractivity contribution is -0.145. The fraction of sp³-hybridized carbons (Fsp3) is 1.00. The van der Waals surface area contributed by atoms with Crippen molar-refractivity contribution in [2.75, 3.05) is 62.7 Å². The molecular formula is C41H84O6S2. The number of unbranched alkanes of at least 4 members (excludes halogenated alkanes) is 20. The van der Waals surface area contributed by atoms with E-state index in [0.717, 1.165) is 13.0 Å². The smallest absolute Gasteiger partial charge is 0.163 e. The summed E-state index contributed by atoms with van der Waals surface area (Å²) in [6.07, 6.45) is 31.9. The van der Waals surface area contributed by atoms with Gasteiger partial charge in [0, 0.05) is 13.2 Å². The summed E-state index contributed by atoms with van der Waals surface area (Å²) in [5.74, 6) is 4.98. The summed E-state index contributed by atoms with van der Waals surface area (Å²) in [4.78, 5) is 0. The molecule has 1 aliphatic heterocycles. The van der Waals surface area contributed by atoms with Crippen molar-refractivity contribution in [3.63, 3.8) is 0 Å². The fourth-order valence-electron chi connectivity index (χ4n) is 5.74. The molecule has 0 spiro atoms. The molecule has 0 aliphatic carbocycles. The highest BCUT2D eigenvalue weighted by Crippen LogP contribution is 2.22. The van der Waals surface area contributed by atoms with Crippen molar-refractivity contribution in [3.05, 3.63) is 0 Å². The molecule has 49 heavy (non-hydrogen) atoms. The zero-order valence-electron chi connectivity index (χ0n) is 33.0. The van der Waals surface area contributed by atoms with Gasteiger partial charge in [-0.05, 0) is 75.4 Å². The second-order valence-corrected chi connectivity index (χ2v) is 16.9. The molecule has 1 aliphatic rings. The lowest BCUT2D eigenvalue weighted by Crippen LogP contribution is -2.24. The Morgan fingerprint density at radius 3 is 1.37 bits per heavy atom. The maximum atomic E-state index is 9.11. The maximum Gasteiger partial charge on any atom is 0.163 e. The van der Waals surface area contributed by atoms with Crippen molar-refractivity contribution in [1.82, 2.24) is 0 Å². The van der Waals surface area contributed by atoms with E-state index in [2.05, 4.69) is 37.4 Å². The standard InChI is InChI=1S/C22H44O3S.C19H40O3S/c1-4-5-6-7-11-14-17-26-18-15-12-9-8-10-13-16-23-19-21-20-24-22(2,3)25-21;1-2-3-4-5-9-12-15-23-16-13-10-7-6-8-11-14-22-18-19(21)17-20/h21H,4-20H2,1-3H3;19-21H,2-18H2,1H3/t21-;19-/m01/s1. The van der Waals surface area contributed by atoms with Gasteiger partial charge in [0.15, 0.2) is 5.79 Å².